The molecule has 1 aromatic rings. The van der Waals surface area contributed by atoms with E-state index in [4.69, 9.17) is 10.5 Å². The zero-order valence-corrected chi connectivity index (χ0v) is 10.1. The molecule has 2 N–H and O–H groups in total. The Kier molecular flexibility index (Phi) is 4.35. The summed E-state index contributed by atoms with van der Waals surface area (Å²) in [5.74, 6) is 0.156. The van der Waals surface area contributed by atoms with E-state index in [1.807, 2.05) is 26.0 Å². The van der Waals surface area contributed by atoms with Gasteiger partial charge in [-0.2, -0.15) is 0 Å². The van der Waals surface area contributed by atoms with Crippen LogP contribution in [0.3, 0.4) is 0 Å². The van der Waals surface area contributed by atoms with Crippen LogP contribution in [0.4, 0.5) is 4.79 Å². The topological polar surface area (TPSA) is 52.3 Å². The number of nitrogens with two attached hydrogens (primary N) is 1. The molecule has 0 heterocycles. The Labute approximate surface area is 96.6 Å². The molecule has 16 heavy (non-hydrogen) atoms. The van der Waals surface area contributed by atoms with E-state index in [9.17, 15) is 4.79 Å². The van der Waals surface area contributed by atoms with Gasteiger partial charge in [0.2, 0.25) is 0 Å². The lowest BCUT2D eigenvalue weighted by Crippen LogP contribution is -2.25. The molecule has 88 valence electrons. The second kappa shape index (κ2) is 5.54. The zero-order valence-electron chi connectivity index (χ0n) is 10.1. The predicted molar refractivity (Wildman–Crippen MR) is 64.4 cm³/mol. The minimum absolute atomic E-state index is 0.156. The Morgan fingerprint density at radius 3 is 2.56 bits per heavy atom. The second-order valence-electron chi connectivity index (χ2n) is 3.98. The van der Waals surface area contributed by atoms with Crippen molar-refractivity contribution in [3.8, 4) is 0 Å². The average Bonchev–Trinajstić information content (AvgIpc) is 2.27. The van der Waals surface area contributed by atoms with Crippen molar-refractivity contribution in [1.82, 2.24) is 0 Å². The summed E-state index contributed by atoms with van der Waals surface area (Å²) in [6.45, 7) is 6.02. The summed E-state index contributed by atoms with van der Waals surface area (Å²) in [6.07, 6.45) is 0.0580. The highest BCUT2D eigenvalue weighted by atomic mass is 16.6. The number of primary amides is 1. The van der Waals surface area contributed by atoms with Gasteiger partial charge in [0.25, 0.3) is 0 Å². The molecule has 1 aromatic carbocycles. The molecular formula is C13H19NO2. The Hall–Kier alpha value is -1.51. The Morgan fingerprint density at radius 1 is 1.38 bits per heavy atom. The van der Waals surface area contributed by atoms with Gasteiger partial charge in [0, 0.05) is 5.92 Å². The summed E-state index contributed by atoms with van der Waals surface area (Å²) in [5, 5.41) is 0. The van der Waals surface area contributed by atoms with E-state index in [1.54, 1.807) is 0 Å². The van der Waals surface area contributed by atoms with Gasteiger partial charge in [-0.15, -0.1) is 0 Å². The fraction of sp³-hybridized carbons (Fsp3) is 0.462. The summed E-state index contributed by atoms with van der Waals surface area (Å²) in [5.41, 5.74) is 7.53. The summed E-state index contributed by atoms with van der Waals surface area (Å²) in [6, 6.07) is 8.20. The highest BCUT2D eigenvalue weighted by molar-refractivity contribution is 5.64. The minimum atomic E-state index is -0.715. The quantitative estimate of drug-likeness (QED) is 0.850. The smallest absolute Gasteiger partial charge is 0.404 e. The summed E-state index contributed by atoms with van der Waals surface area (Å²) in [4.78, 5) is 10.7. The molecule has 0 spiro atoms. The number of hydrogen-bond acceptors (Lipinski definition) is 2. The molecule has 0 saturated heterocycles. The number of benzene rings is 1. The molecule has 3 heteroatoms. The maximum absolute atomic E-state index is 10.7. The highest BCUT2D eigenvalue weighted by Gasteiger charge is 2.19. The monoisotopic (exact) mass is 221 g/mol. The van der Waals surface area contributed by atoms with Crippen LogP contribution in [-0.4, -0.2) is 12.2 Å². The Balaban J connectivity index is 2.86. The molecule has 0 fully saturated rings. The predicted octanol–water partition coefficient (Wildman–Crippen LogP) is 2.84. The van der Waals surface area contributed by atoms with E-state index in [0.29, 0.717) is 0 Å². The van der Waals surface area contributed by atoms with E-state index in [1.165, 1.54) is 11.1 Å². The molecular weight excluding hydrogens is 202 g/mol. The molecule has 2 atom stereocenters. The maximum Gasteiger partial charge on any atom is 0.404 e. The molecule has 0 aliphatic carbocycles. The van der Waals surface area contributed by atoms with Crippen LogP contribution in [0.1, 0.15) is 37.8 Å². The lowest BCUT2D eigenvalue weighted by molar-refractivity contribution is 0.103. The summed E-state index contributed by atoms with van der Waals surface area (Å²) in [7, 11) is 0. The van der Waals surface area contributed by atoms with Crippen molar-refractivity contribution < 1.29 is 9.53 Å². The van der Waals surface area contributed by atoms with Crippen LogP contribution in [-0.2, 0) is 11.2 Å². The fourth-order valence-corrected chi connectivity index (χ4v) is 1.84. The number of carbonyl (C=O) groups excluding carboxylic acids is 1. The van der Waals surface area contributed by atoms with Gasteiger partial charge in [-0.1, -0.05) is 38.1 Å². The molecule has 0 aliphatic rings. The van der Waals surface area contributed by atoms with Crippen molar-refractivity contribution >= 4 is 6.09 Å². The van der Waals surface area contributed by atoms with Crippen molar-refractivity contribution in [2.24, 2.45) is 5.73 Å². The number of amides is 1. The fourth-order valence-electron chi connectivity index (χ4n) is 1.84. The number of carbonyl (C=O) groups is 1. The van der Waals surface area contributed by atoms with Gasteiger partial charge in [0.1, 0.15) is 6.10 Å². The second-order valence-corrected chi connectivity index (χ2v) is 3.98. The van der Waals surface area contributed by atoms with Crippen LogP contribution < -0.4 is 5.73 Å². The van der Waals surface area contributed by atoms with Crippen molar-refractivity contribution in [1.29, 1.82) is 0 Å². The summed E-state index contributed by atoms with van der Waals surface area (Å²) < 4.78 is 5.00. The molecule has 1 rings (SSSR count). The van der Waals surface area contributed by atoms with Crippen molar-refractivity contribution in [2.45, 2.75) is 39.2 Å². The highest BCUT2D eigenvalue weighted by Crippen LogP contribution is 2.25. The molecule has 2 unspecified atom stereocenters. The first kappa shape index (κ1) is 12.6. The van der Waals surface area contributed by atoms with Gasteiger partial charge in [-0.05, 0) is 24.5 Å². The SMILES string of the molecule is CCc1ccccc1C(C)C(C)OC(N)=O. The van der Waals surface area contributed by atoms with E-state index in [2.05, 4.69) is 19.1 Å². The normalized spacial score (nSPS) is 14.2. The van der Waals surface area contributed by atoms with Crippen LogP contribution in [0, 0.1) is 0 Å². The number of hydrogen-bond donors (Lipinski definition) is 1. The van der Waals surface area contributed by atoms with Crippen LogP contribution in [0.2, 0.25) is 0 Å². The maximum atomic E-state index is 10.7. The van der Waals surface area contributed by atoms with Gasteiger partial charge >= 0.3 is 6.09 Å². The lowest BCUT2D eigenvalue weighted by atomic mass is 9.91. The first-order chi connectivity index (χ1) is 7.56. The zero-order chi connectivity index (χ0) is 12.1. The standard InChI is InChI=1S/C13H19NO2/c1-4-11-7-5-6-8-12(11)9(2)10(3)16-13(14)15/h5-10H,4H2,1-3H3,(H2,14,15). The largest absolute Gasteiger partial charge is 0.446 e. The molecule has 3 nitrogen and oxygen atoms in total. The van der Waals surface area contributed by atoms with Gasteiger partial charge in [0.15, 0.2) is 0 Å². The minimum Gasteiger partial charge on any atom is -0.446 e. The van der Waals surface area contributed by atoms with Crippen LogP contribution in [0.15, 0.2) is 24.3 Å². The molecule has 0 aliphatic heterocycles. The number of ether oxygens (including phenoxy) is 1. The van der Waals surface area contributed by atoms with E-state index in [-0.39, 0.29) is 12.0 Å². The molecule has 0 radical (unpaired) electrons. The Morgan fingerprint density at radius 2 is 2.00 bits per heavy atom. The third-order valence-electron chi connectivity index (χ3n) is 2.93. The van der Waals surface area contributed by atoms with Crippen molar-refractivity contribution in [3.05, 3.63) is 35.4 Å². The van der Waals surface area contributed by atoms with Gasteiger partial charge < -0.3 is 10.5 Å². The molecule has 0 saturated carbocycles. The summed E-state index contributed by atoms with van der Waals surface area (Å²) >= 11 is 0. The Bertz CT molecular complexity index is 363. The van der Waals surface area contributed by atoms with E-state index in [0.717, 1.165) is 6.42 Å². The lowest BCUT2D eigenvalue weighted by Gasteiger charge is -2.21. The third-order valence-corrected chi connectivity index (χ3v) is 2.93. The van der Waals surface area contributed by atoms with E-state index < -0.39 is 6.09 Å². The first-order valence-electron chi connectivity index (χ1n) is 5.60. The van der Waals surface area contributed by atoms with Crippen LogP contribution in [0.5, 0.6) is 0 Å². The van der Waals surface area contributed by atoms with Gasteiger partial charge in [-0.3, -0.25) is 0 Å². The van der Waals surface area contributed by atoms with Crippen LogP contribution in [0.25, 0.3) is 0 Å². The van der Waals surface area contributed by atoms with Crippen molar-refractivity contribution in [2.75, 3.05) is 0 Å². The van der Waals surface area contributed by atoms with Gasteiger partial charge in [-0.25, -0.2) is 4.79 Å². The molecule has 0 bridgehead atoms. The first-order valence-corrected chi connectivity index (χ1v) is 5.60. The average molecular weight is 221 g/mol. The molecule has 1 amide bonds. The number of rotatable bonds is 4. The van der Waals surface area contributed by atoms with Gasteiger partial charge in [0.05, 0.1) is 0 Å². The van der Waals surface area contributed by atoms with Crippen molar-refractivity contribution in [3.63, 3.8) is 0 Å². The van der Waals surface area contributed by atoms with E-state index >= 15 is 0 Å². The third kappa shape index (κ3) is 2.99. The van der Waals surface area contributed by atoms with Crippen LogP contribution >= 0.6 is 0 Å². The number of aryl methyl sites for hydroxylation is 1. The molecule has 0 aromatic heterocycles.